The van der Waals surface area contributed by atoms with Crippen LogP contribution in [0.15, 0.2) is 30.3 Å². The van der Waals surface area contributed by atoms with E-state index in [4.69, 9.17) is 10.5 Å². The number of benzene rings is 1. The average Bonchev–Trinajstić information content (AvgIpc) is 2.78. The van der Waals surface area contributed by atoms with Crippen LogP contribution >= 0.6 is 12.4 Å². The molecule has 0 spiro atoms. The van der Waals surface area contributed by atoms with Crippen LogP contribution in [0.3, 0.4) is 0 Å². The number of rotatable bonds is 3. The number of nitrogens with zero attached hydrogens (tertiary/aromatic N) is 1. The van der Waals surface area contributed by atoms with E-state index in [1.807, 2.05) is 30.3 Å². The van der Waals surface area contributed by atoms with Crippen LogP contribution in [0.25, 0.3) is 0 Å². The van der Waals surface area contributed by atoms with Crippen molar-refractivity contribution < 1.29 is 9.53 Å². The van der Waals surface area contributed by atoms with Crippen molar-refractivity contribution >= 4 is 18.3 Å². The number of hydrogen-bond acceptors (Lipinski definition) is 3. The third-order valence-electron chi connectivity index (χ3n) is 3.10. The van der Waals surface area contributed by atoms with Crippen LogP contribution in [0.4, 0.5) is 0 Å². The monoisotopic (exact) mass is 270 g/mol. The van der Waals surface area contributed by atoms with Crippen molar-refractivity contribution in [2.45, 2.75) is 18.6 Å². The summed E-state index contributed by atoms with van der Waals surface area (Å²) in [6, 6.07) is 9.65. The van der Waals surface area contributed by atoms with E-state index in [0.29, 0.717) is 6.54 Å². The molecule has 0 radical (unpaired) electrons. The normalized spacial score (nSPS) is 20.3. The Hall–Kier alpha value is -1.10. The first-order valence-corrected chi connectivity index (χ1v) is 5.84. The largest absolute Gasteiger partial charge is 0.367 e. The molecule has 0 aromatic heterocycles. The standard InChI is InChI=1S/C13H18N2O2.ClH/c1-17-12(10-5-3-2-4-6-10)13(16)15-8-7-11(14)9-15;/h2-6,11-12H,7-9,14H2,1H3;1H/t11-,12?;/m0./s1. The number of amides is 1. The van der Waals surface area contributed by atoms with Crippen LogP contribution in [0.2, 0.25) is 0 Å². The van der Waals surface area contributed by atoms with Crippen molar-refractivity contribution in [1.82, 2.24) is 4.90 Å². The van der Waals surface area contributed by atoms with E-state index in [-0.39, 0.29) is 24.4 Å². The molecule has 18 heavy (non-hydrogen) atoms. The van der Waals surface area contributed by atoms with E-state index in [9.17, 15) is 4.79 Å². The predicted molar refractivity (Wildman–Crippen MR) is 72.6 cm³/mol. The van der Waals surface area contributed by atoms with Gasteiger partial charge in [-0.25, -0.2) is 0 Å². The van der Waals surface area contributed by atoms with Crippen LogP contribution in [0.5, 0.6) is 0 Å². The van der Waals surface area contributed by atoms with Gasteiger partial charge in [-0.2, -0.15) is 0 Å². The second kappa shape index (κ2) is 6.73. The van der Waals surface area contributed by atoms with E-state index in [1.165, 1.54) is 0 Å². The summed E-state index contributed by atoms with van der Waals surface area (Å²) < 4.78 is 5.31. The van der Waals surface area contributed by atoms with Gasteiger partial charge in [0, 0.05) is 26.2 Å². The zero-order valence-corrected chi connectivity index (χ0v) is 11.2. The molecular weight excluding hydrogens is 252 g/mol. The fourth-order valence-corrected chi connectivity index (χ4v) is 2.16. The molecule has 1 aromatic carbocycles. The van der Waals surface area contributed by atoms with Crippen LogP contribution in [0, 0.1) is 0 Å². The lowest BCUT2D eigenvalue weighted by Crippen LogP contribution is -2.36. The molecule has 0 saturated carbocycles. The molecule has 5 heteroatoms. The van der Waals surface area contributed by atoms with Crippen molar-refractivity contribution in [3.63, 3.8) is 0 Å². The minimum atomic E-state index is -0.513. The highest BCUT2D eigenvalue weighted by molar-refractivity contribution is 5.85. The summed E-state index contributed by atoms with van der Waals surface area (Å²) in [7, 11) is 1.56. The first kappa shape index (κ1) is 15.0. The van der Waals surface area contributed by atoms with Gasteiger partial charge in [-0.15, -0.1) is 12.4 Å². The lowest BCUT2D eigenvalue weighted by atomic mass is 10.1. The summed E-state index contributed by atoms with van der Waals surface area (Å²) in [4.78, 5) is 14.1. The minimum absolute atomic E-state index is 0. The highest BCUT2D eigenvalue weighted by Crippen LogP contribution is 2.21. The van der Waals surface area contributed by atoms with Crippen molar-refractivity contribution in [3.05, 3.63) is 35.9 Å². The molecule has 1 saturated heterocycles. The molecule has 2 atom stereocenters. The molecule has 0 aliphatic carbocycles. The fourth-order valence-electron chi connectivity index (χ4n) is 2.16. The zero-order valence-electron chi connectivity index (χ0n) is 10.4. The molecule has 2 rings (SSSR count). The fraction of sp³-hybridized carbons (Fsp3) is 0.462. The highest BCUT2D eigenvalue weighted by Gasteiger charge is 2.30. The summed E-state index contributed by atoms with van der Waals surface area (Å²) in [5.41, 5.74) is 6.70. The van der Waals surface area contributed by atoms with Gasteiger partial charge in [0.05, 0.1) is 0 Å². The molecule has 2 N–H and O–H groups in total. The topological polar surface area (TPSA) is 55.6 Å². The Bertz CT molecular complexity index is 386. The molecular formula is C13H19ClN2O2. The van der Waals surface area contributed by atoms with Gasteiger partial charge in [0.2, 0.25) is 0 Å². The number of hydrogen-bond donors (Lipinski definition) is 1. The van der Waals surface area contributed by atoms with Crippen LogP contribution in [0.1, 0.15) is 18.1 Å². The Labute approximate surface area is 114 Å². The quantitative estimate of drug-likeness (QED) is 0.902. The zero-order chi connectivity index (χ0) is 12.3. The second-order valence-corrected chi connectivity index (χ2v) is 4.36. The number of carbonyl (C=O) groups is 1. The van der Waals surface area contributed by atoms with Crippen LogP contribution < -0.4 is 5.73 Å². The van der Waals surface area contributed by atoms with Crippen molar-refractivity contribution in [1.29, 1.82) is 0 Å². The lowest BCUT2D eigenvalue weighted by Gasteiger charge is -2.22. The number of carbonyl (C=O) groups excluding carboxylic acids is 1. The van der Waals surface area contributed by atoms with E-state index < -0.39 is 6.10 Å². The van der Waals surface area contributed by atoms with Gasteiger partial charge >= 0.3 is 0 Å². The van der Waals surface area contributed by atoms with Crippen molar-refractivity contribution in [3.8, 4) is 0 Å². The molecule has 0 bridgehead atoms. The number of methoxy groups -OCH3 is 1. The second-order valence-electron chi connectivity index (χ2n) is 4.36. The van der Waals surface area contributed by atoms with Gasteiger partial charge < -0.3 is 15.4 Å². The van der Waals surface area contributed by atoms with E-state index in [2.05, 4.69) is 0 Å². The van der Waals surface area contributed by atoms with Crippen LogP contribution in [-0.2, 0) is 9.53 Å². The summed E-state index contributed by atoms with van der Waals surface area (Å²) in [6.45, 7) is 1.36. The van der Waals surface area contributed by atoms with Crippen LogP contribution in [-0.4, -0.2) is 37.0 Å². The molecule has 1 unspecified atom stereocenters. The summed E-state index contributed by atoms with van der Waals surface area (Å²) in [6.07, 6.45) is 0.359. The number of ether oxygens (including phenoxy) is 1. The van der Waals surface area contributed by atoms with Gasteiger partial charge in [0.1, 0.15) is 0 Å². The first-order chi connectivity index (χ1) is 8.22. The maximum absolute atomic E-state index is 12.3. The average molecular weight is 271 g/mol. The smallest absolute Gasteiger partial charge is 0.256 e. The van der Waals surface area contributed by atoms with Gasteiger partial charge in [0.15, 0.2) is 6.10 Å². The Morgan fingerprint density at radius 3 is 2.61 bits per heavy atom. The van der Waals surface area contributed by atoms with E-state index in [1.54, 1.807) is 12.0 Å². The van der Waals surface area contributed by atoms with E-state index in [0.717, 1.165) is 18.5 Å². The maximum Gasteiger partial charge on any atom is 0.256 e. The molecule has 1 fully saturated rings. The molecule has 1 aliphatic rings. The number of halogens is 1. The summed E-state index contributed by atoms with van der Waals surface area (Å²) >= 11 is 0. The maximum atomic E-state index is 12.3. The molecule has 1 aliphatic heterocycles. The minimum Gasteiger partial charge on any atom is -0.367 e. The van der Waals surface area contributed by atoms with Gasteiger partial charge in [-0.3, -0.25) is 4.79 Å². The summed E-state index contributed by atoms with van der Waals surface area (Å²) in [5, 5.41) is 0. The van der Waals surface area contributed by atoms with Gasteiger partial charge in [-0.05, 0) is 12.0 Å². The molecule has 1 amide bonds. The molecule has 4 nitrogen and oxygen atoms in total. The number of nitrogens with two attached hydrogens (primary N) is 1. The predicted octanol–water partition coefficient (Wildman–Crippen LogP) is 1.36. The highest BCUT2D eigenvalue weighted by atomic mass is 35.5. The third kappa shape index (κ3) is 3.22. The SMILES string of the molecule is COC(C(=O)N1CC[C@H](N)C1)c1ccccc1.Cl. The molecule has 1 aromatic rings. The van der Waals surface area contributed by atoms with Crippen molar-refractivity contribution in [2.75, 3.05) is 20.2 Å². The Morgan fingerprint density at radius 2 is 2.11 bits per heavy atom. The first-order valence-electron chi connectivity index (χ1n) is 5.84. The third-order valence-corrected chi connectivity index (χ3v) is 3.10. The summed E-state index contributed by atoms with van der Waals surface area (Å²) in [5.74, 6) is 0.00616. The van der Waals surface area contributed by atoms with E-state index >= 15 is 0 Å². The Morgan fingerprint density at radius 1 is 1.44 bits per heavy atom. The lowest BCUT2D eigenvalue weighted by molar-refractivity contribution is -0.141. The molecule has 100 valence electrons. The number of likely N-dealkylation sites (tertiary alicyclic amines) is 1. The van der Waals surface area contributed by atoms with Gasteiger partial charge in [-0.1, -0.05) is 30.3 Å². The Kier molecular flexibility index (Phi) is 5.59. The Balaban J connectivity index is 0.00000162. The van der Waals surface area contributed by atoms with Gasteiger partial charge in [0.25, 0.3) is 5.91 Å². The molecule has 1 heterocycles. The van der Waals surface area contributed by atoms with Crippen molar-refractivity contribution in [2.24, 2.45) is 5.73 Å².